The molecule has 136 valence electrons. The highest BCUT2D eigenvalue weighted by atomic mass is 32.2. The number of anilines is 2. The summed E-state index contributed by atoms with van der Waals surface area (Å²) in [6.07, 6.45) is 3.35. The van der Waals surface area contributed by atoms with Crippen molar-refractivity contribution in [3.63, 3.8) is 0 Å². The van der Waals surface area contributed by atoms with Gasteiger partial charge in [0.25, 0.3) is 0 Å². The van der Waals surface area contributed by atoms with Gasteiger partial charge in [0.1, 0.15) is 10.7 Å². The van der Waals surface area contributed by atoms with E-state index in [9.17, 15) is 8.42 Å². The van der Waals surface area contributed by atoms with Crippen LogP contribution in [0.2, 0.25) is 0 Å². The molecule has 0 amide bonds. The van der Waals surface area contributed by atoms with Gasteiger partial charge < -0.3 is 10.6 Å². The molecule has 0 saturated carbocycles. The van der Waals surface area contributed by atoms with Gasteiger partial charge in [0, 0.05) is 13.6 Å². The lowest BCUT2D eigenvalue weighted by atomic mass is 10.0. The van der Waals surface area contributed by atoms with Gasteiger partial charge in [0.05, 0.1) is 11.1 Å². The Bertz CT molecular complexity index is 817. The first-order valence-corrected chi connectivity index (χ1v) is 9.94. The summed E-state index contributed by atoms with van der Waals surface area (Å²) in [5, 5.41) is 0. The SMILES string of the molecule is CCCCN(C)c1ncc(S(=O)(=O)c2ccc(C(C)C)cc2)c(N)n1. The number of sulfone groups is 1. The third kappa shape index (κ3) is 4.28. The quantitative estimate of drug-likeness (QED) is 0.813. The van der Waals surface area contributed by atoms with Crippen molar-refractivity contribution in [2.24, 2.45) is 0 Å². The first kappa shape index (κ1) is 19.2. The van der Waals surface area contributed by atoms with Gasteiger partial charge in [-0.1, -0.05) is 39.3 Å². The van der Waals surface area contributed by atoms with E-state index in [0.29, 0.717) is 11.9 Å². The molecule has 2 aromatic rings. The lowest BCUT2D eigenvalue weighted by Gasteiger charge is -2.17. The second-order valence-electron chi connectivity index (χ2n) is 6.42. The second kappa shape index (κ2) is 7.82. The lowest BCUT2D eigenvalue weighted by molar-refractivity contribution is 0.595. The summed E-state index contributed by atoms with van der Waals surface area (Å²) in [5.41, 5.74) is 7.01. The number of rotatable bonds is 7. The predicted molar refractivity (Wildman–Crippen MR) is 101 cm³/mol. The van der Waals surface area contributed by atoms with Crippen LogP contribution in [0.15, 0.2) is 40.3 Å². The fourth-order valence-electron chi connectivity index (χ4n) is 2.42. The first-order valence-electron chi connectivity index (χ1n) is 8.46. The highest BCUT2D eigenvalue weighted by Crippen LogP contribution is 2.26. The van der Waals surface area contributed by atoms with Crippen molar-refractivity contribution >= 4 is 21.6 Å². The molecule has 0 fully saturated rings. The van der Waals surface area contributed by atoms with Crippen LogP contribution in [0, 0.1) is 0 Å². The number of aromatic nitrogens is 2. The average Bonchev–Trinajstić information content (AvgIpc) is 2.59. The van der Waals surface area contributed by atoms with E-state index in [1.807, 2.05) is 24.1 Å². The number of hydrogen-bond donors (Lipinski definition) is 1. The zero-order valence-corrected chi connectivity index (χ0v) is 16.0. The molecule has 2 rings (SSSR count). The summed E-state index contributed by atoms with van der Waals surface area (Å²) in [6, 6.07) is 6.85. The maximum Gasteiger partial charge on any atom is 0.227 e. The van der Waals surface area contributed by atoms with Gasteiger partial charge in [-0.2, -0.15) is 4.98 Å². The molecular weight excluding hydrogens is 336 g/mol. The minimum Gasteiger partial charge on any atom is -0.382 e. The van der Waals surface area contributed by atoms with Crippen LogP contribution in [0.1, 0.15) is 45.1 Å². The average molecular weight is 362 g/mol. The van der Waals surface area contributed by atoms with Crippen molar-refractivity contribution < 1.29 is 8.42 Å². The highest BCUT2D eigenvalue weighted by molar-refractivity contribution is 7.91. The van der Waals surface area contributed by atoms with Crippen molar-refractivity contribution in [1.29, 1.82) is 0 Å². The summed E-state index contributed by atoms with van der Waals surface area (Å²) in [7, 11) is -1.88. The van der Waals surface area contributed by atoms with Gasteiger partial charge in [-0.3, -0.25) is 0 Å². The molecule has 0 radical (unpaired) electrons. The summed E-state index contributed by atoms with van der Waals surface area (Å²) in [6.45, 7) is 7.01. The number of unbranched alkanes of at least 4 members (excludes halogenated alkanes) is 1. The molecule has 2 N–H and O–H groups in total. The third-order valence-corrected chi connectivity index (χ3v) is 5.89. The molecule has 0 atom stereocenters. The fraction of sp³-hybridized carbons (Fsp3) is 0.444. The molecule has 0 spiro atoms. The maximum atomic E-state index is 12.8. The van der Waals surface area contributed by atoms with Crippen molar-refractivity contribution in [2.45, 2.75) is 49.3 Å². The molecule has 0 unspecified atom stereocenters. The number of benzene rings is 1. The topological polar surface area (TPSA) is 89.2 Å². The Morgan fingerprint density at radius 3 is 2.36 bits per heavy atom. The van der Waals surface area contributed by atoms with Gasteiger partial charge in [0.2, 0.25) is 15.8 Å². The number of nitrogens with zero attached hydrogens (tertiary/aromatic N) is 3. The Morgan fingerprint density at radius 2 is 1.84 bits per heavy atom. The third-order valence-electron chi connectivity index (χ3n) is 4.11. The largest absolute Gasteiger partial charge is 0.382 e. The molecule has 6 nitrogen and oxygen atoms in total. The molecule has 1 aromatic carbocycles. The van der Waals surface area contributed by atoms with Crippen molar-refractivity contribution in [1.82, 2.24) is 9.97 Å². The van der Waals surface area contributed by atoms with Crippen LogP contribution >= 0.6 is 0 Å². The normalized spacial score (nSPS) is 11.7. The Hall–Kier alpha value is -2.15. The van der Waals surface area contributed by atoms with Crippen LogP contribution in [0.5, 0.6) is 0 Å². The minimum atomic E-state index is -3.74. The maximum absolute atomic E-state index is 12.8. The van der Waals surface area contributed by atoms with Crippen LogP contribution in [0.3, 0.4) is 0 Å². The van der Waals surface area contributed by atoms with Crippen LogP contribution in [0.25, 0.3) is 0 Å². The smallest absolute Gasteiger partial charge is 0.227 e. The zero-order valence-electron chi connectivity index (χ0n) is 15.2. The molecule has 0 bridgehead atoms. The summed E-state index contributed by atoms with van der Waals surface area (Å²) in [4.78, 5) is 10.4. The molecule has 0 saturated heterocycles. The van der Waals surface area contributed by atoms with Crippen molar-refractivity contribution in [2.75, 3.05) is 24.2 Å². The van der Waals surface area contributed by atoms with Crippen molar-refractivity contribution in [3.8, 4) is 0 Å². The van der Waals surface area contributed by atoms with Crippen LogP contribution < -0.4 is 10.6 Å². The molecule has 25 heavy (non-hydrogen) atoms. The van der Waals surface area contributed by atoms with Crippen LogP contribution in [-0.4, -0.2) is 32.0 Å². The number of nitrogen functional groups attached to an aromatic ring is 1. The van der Waals surface area contributed by atoms with E-state index in [1.165, 1.54) is 6.20 Å². The van der Waals surface area contributed by atoms with E-state index in [-0.39, 0.29) is 15.6 Å². The lowest BCUT2D eigenvalue weighted by Crippen LogP contribution is -2.22. The molecule has 0 aliphatic carbocycles. The minimum absolute atomic E-state index is 0.0266. The Labute approximate surface area is 150 Å². The highest BCUT2D eigenvalue weighted by Gasteiger charge is 2.23. The number of hydrogen-bond acceptors (Lipinski definition) is 6. The summed E-state index contributed by atoms with van der Waals surface area (Å²) < 4.78 is 25.6. The van der Waals surface area contributed by atoms with E-state index in [1.54, 1.807) is 12.1 Å². The summed E-state index contributed by atoms with van der Waals surface area (Å²) in [5.74, 6) is 0.740. The Kier molecular flexibility index (Phi) is 6.00. The summed E-state index contributed by atoms with van der Waals surface area (Å²) >= 11 is 0. The Balaban J connectivity index is 2.33. The monoisotopic (exact) mass is 362 g/mol. The van der Waals surface area contributed by atoms with E-state index >= 15 is 0 Å². The first-order chi connectivity index (χ1) is 11.8. The molecule has 0 aliphatic rings. The van der Waals surface area contributed by atoms with E-state index in [2.05, 4.69) is 30.7 Å². The molecule has 0 aliphatic heterocycles. The van der Waals surface area contributed by atoms with E-state index in [0.717, 1.165) is 24.9 Å². The van der Waals surface area contributed by atoms with Gasteiger partial charge >= 0.3 is 0 Å². The number of nitrogens with two attached hydrogens (primary N) is 1. The van der Waals surface area contributed by atoms with E-state index < -0.39 is 9.84 Å². The van der Waals surface area contributed by atoms with Crippen LogP contribution in [-0.2, 0) is 9.84 Å². The Morgan fingerprint density at radius 1 is 1.20 bits per heavy atom. The second-order valence-corrected chi connectivity index (χ2v) is 8.34. The van der Waals surface area contributed by atoms with Gasteiger partial charge in [-0.25, -0.2) is 13.4 Å². The zero-order chi connectivity index (χ0) is 18.6. The molecular formula is C18H26N4O2S. The van der Waals surface area contributed by atoms with Crippen molar-refractivity contribution in [3.05, 3.63) is 36.0 Å². The van der Waals surface area contributed by atoms with Gasteiger partial charge in [-0.05, 0) is 30.0 Å². The standard InChI is InChI=1S/C18H26N4O2S/c1-5-6-11-22(4)18-20-12-16(17(19)21-18)25(23,24)15-9-7-14(8-10-15)13(2)3/h7-10,12-13H,5-6,11H2,1-4H3,(H2,19,20,21). The molecule has 1 aromatic heterocycles. The predicted octanol–water partition coefficient (Wildman–Crippen LogP) is 3.25. The molecule has 1 heterocycles. The van der Waals surface area contributed by atoms with Gasteiger partial charge in [0.15, 0.2) is 0 Å². The van der Waals surface area contributed by atoms with Crippen LogP contribution in [0.4, 0.5) is 11.8 Å². The molecule has 7 heteroatoms. The van der Waals surface area contributed by atoms with E-state index in [4.69, 9.17) is 5.73 Å². The van der Waals surface area contributed by atoms with Gasteiger partial charge in [-0.15, -0.1) is 0 Å². The fourth-order valence-corrected chi connectivity index (χ4v) is 3.68.